The zero-order chi connectivity index (χ0) is 23.7. The third-order valence-corrected chi connectivity index (χ3v) is 5.21. The minimum atomic E-state index is -0.987. The number of unbranched alkanes of at least 4 members (excludes halogenated alkanes) is 1. The zero-order valence-corrected chi connectivity index (χ0v) is 18.8. The maximum absolute atomic E-state index is 12.6. The number of nitrogens with one attached hydrogen (secondary N) is 2. The SMILES string of the molecule is CCCCc1ncc(CNC(=O)C(CC(C)C)C(=O)NO)n1Cc1ccc(C(=O)O)cc1. The van der Waals surface area contributed by atoms with Gasteiger partial charge in [0, 0.05) is 13.0 Å². The summed E-state index contributed by atoms with van der Waals surface area (Å²) in [6.45, 7) is 6.56. The predicted molar refractivity (Wildman–Crippen MR) is 118 cm³/mol. The van der Waals surface area contributed by atoms with Crippen LogP contribution in [0, 0.1) is 11.8 Å². The van der Waals surface area contributed by atoms with E-state index >= 15 is 0 Å². The Bertz CT molecular complexity index is 921. The van der Waals surface area contributed by atoms with Gasteiger partial charge in [-0.05, 0) is 36.5 Å². The second kappa shape index (κ2) is 12.0. The van der Waals surface area contributed by atoms with Crippen molar-refractivity contribution in [2.75, 3.05) is 0 Å². The summed E-state index contributed by atoms with van der Waals surface area (Å²) in [5, 5.41) is 20.9. The molecule has 0 aliphatic carbocycles. The number of rotatable bonds is 12. The molecule has 2 aromatic rings. The standard InChI is InChI=1S/C23H32N4O5/c1-4-5-6-20-24-12-18(13-25-21(28)19(11-15(2)3)22(29)26-32)27(20)14-16-7-9-17(10-8-16)23(30)31/h7-10,12,15,19,32H,4-6,11,13-14H2,1-3H3,(H,25,28)(H,26,29)(H,30,31). The number of hydrogen-bond acceptors (Lipinski definition) is 5. The van der Waals surface area contributed by atoms with Gasteiger partial charge in [-0.2, -0.15) is 0 Å². The molecule has 1 atom stereocenters. The summed E-state index contributed by atoms with van der Waals surface area (Å²) < 4.78 is 2.01. The molecule has 1 aromatic carbocycles. The van der Waals surface area contributed by atoms with Crippen molar-refractivity contribution in [3.63, 3.8) is 0 Å². The molecule has 0 bridgehead atoms. The van der Waals surface area contributed by atoms with E-state index in [1.807, 2.05) is 18.4 Å². The lowest BCUT2D eigenvalue weighted by Gasteiger charge is -2.18. The van der Waals surface area contributed by atoms with Crippen LogP contribution in [-0.4, -0.2) is 37.6 Å². The lowest BCUT2D eigenvalue weighted by atomic mass is 9.95. The topological polar surface area (TPSA) is 134 Å². The number of hydroxylamine groups is 1. The third kappa shape index (κ3) is 6.91. The fraction of sp³-hybridized carbons (Fsp3) is 0.478. The molecule has 0 radical (unpaired) electrons. The minimum Gasteiger partial charge on any atom is -0.478 e. The molecule has 9 heteroatoms. The number of carbonyl (C=O) groups is 3. The maximum atomic E-state index is 12.6. The van der Waals surface area contributed by atoms with Crippen molar-refractivity contribution in [3.8, 4) is 0 Å². The Hall–Kier alpha value is -3.20. The first-order valence-corrected chi connectivity index (χ1v) is 10.8. The highest BCUT2D eigenvalue weighted by molar-refractivity contribution is 5.99. The summed E-state index contributed by atoms with van der Waals surface area (Å²) in [4.78, 5) is 40.2. The second-order valence-corrected chi connectivity index (χ2v) is 8.23. The van der Waals surface area contributed by atoms with Crippen LogP contribution in [0.15, 0.2) is 30.5 Å². The summed E-state index contributed by atoms with van der Waals surface area (Å²) in [6, 6.07) is 6.65. The zero-order valence-electron chi connectivity index (χ0n) is 18.8. The van der Waals surface area contributed by atoms with Crippen LogP contribution >= 0.6 is 0 Å². The molecule has 174 valence electrons. The highest BCUT2D eigenvalue weighted by Crippen LogP contribution is 2.16. The Labute approximate surface area is 187 Å². The smallest absolute Gasteiger partial charge is 0.335 e. The Balaban J connectivity index is 2.19. The molecule has 1 unspecified atom stereocenters. The van der Waals surface area contributed by atoms with Gasteiger partial charge in [0.2, 0.25) is 5.91 Å². The first kappa shape index (κ1) is 25.1. The molecule has 1 heterocycles. The molecular weight excluding hydrogens is 412 g/mol. The summed E-state index contributed by atoms with van der Waals surface area (Å²) in [6.07, 6.45) is 4.78. The monoisotopic (exact) mass is 444 g/mol. The van der Waals surface area contributed by atoms with Crippen molar-refractivity contribution in [2.24, 2.45) is 11.8 Å². The highest BCUT2D eigenvalue weighted by atomic mass is 16.5. The molecule has 0 saturated heterocycles. The molecule has 0 fully saturated rings. The number of carboxylic acid groups (broad SMARTS) is 1. The minimum absolute atomic E-state index is 0.1000. The van der Waals surface area contributed by atoms with E-state index in [4.69, 9.17) is 10.3 Å². The number of aryl methyl sites for hydroxylation is 1. The van der Waals surface area contributed by atoms with Crippen LogP contribution in [0.5, 0.6) is 0 Å². The Morgan fingerprint density at radius 1 is 1.12 bits per heavy atom. The van der Waals surface area contributed by atoms with Gasteiger partial charge in [0.05, 0.1) is 24.0 Å². The largest absolute Gasteiger partial charge is 0.478 e. The fourth-order valence-corrected chi connectivity index (χ4v) is 3.44. The number of nitrogens with zero attached hydrogens (tertiary/aromatic N) is 2. The number of imidazole rings is 1. The van der Waals surface area contributed by atoms with Crippen molar-refractivity contribution >= 4 is 17.8 Å². The van der Waals surface area contributed by atoms with E-state index in [0.717, 1.165) is 36.3 Å². The molecule has 0 spiro atoms. The summed E-state index contributed by atoms with van der Waals surface area (Å²) in [5.41, 5.74) is 3.48. The second-order valence-electron chi connectivity index (χ2n) is 8.23. The molecule has 2 amide bonds. The van der Waals surface area contributed by atoms with Gasteiger partial charge in [0.1, 0.15) is 11.7 Å². The van der Waals surface area contributed by atoms with Crippen LogP contribution in [0.3, 0.4) is 0 Å². The highest BCUT2D eigenvalue weighted by Gasteiger charge is 2.27. The van der Waals surface area contributed by atoms with Gasteiger partial charge < -0.3 is 15.0 Å². The molecule has 0 aliphatic heterocycles. The van der Waals surface area contributed by atoms with Gasteiger partial charge >= 0.3 is 5.97 Å². The van der Waals surface area contributed by atoms with E-state index in [9.17, 15) is 14.4 Å². The van der Waals surface area contributed by atoms with Gasteiger partial charge in [-0.25, -0.2) is 15.3 Å². The first-order chi connectivity index (χ1) is 15.3. The molecular formula is C23H32N4O5. The molecule has 0 saturated carbocycles. The van der Waals surface area contributed by atoms with E-state index in [1.165, 1.54) is 0 Å². The molecule has 9 nitrogen and oxygen atoms in total. The van der Waals surface area contributed by atoms with Crippen molar-refractivity contribution in [1.29, 1.82) is 0 Å². The fourth-order valence-electron chi connectivity index (χ4n) is 3.44. The summed E-state index contributed by atoms with van der Waals surface area (Å²) in [5.74, 6) is -2.17. The number of aromatic nitrogens is 2. The predicted octanol–water partition coefficient (Wildman–Crippen LogP) is 2.76. The van der Waals surface area contributed by atoms with Crippen LogP contribution in [0.2, 0.25) is 0 Å². The lowest BCUT2D eigenvalue weighted by Crippen LogP contribution is -2.41. The summed E-state index contributed by atoms with van der Waals surface area (Å²) >= 11 is 0. The number of carboxylic acids is 1. The maximum Gasteiger partial charge on any atom is 0.335 e. The van der Waals surface area contributed by atoms with E-state index in [2.05, 4.69) is 17.2 Å². The molecule has 2 rings (SSSR count). The van der Waals surface area contributed by atoms with Gasteiger partial charge in [0.25, 0.3) is 5.91 Å². The molecule has 0 aliphatic rings. The number of hydrogen-bond donors (Lipinski definition) is 4. The van der Waals surface area contributed by atoms with Crippen LogP contribution < -0.4 is 10.8 Å². The molecule has 4 N–H and O–H groups in total. The number of aromatic carboxylic acids is 1. The number of benzene rings is 1. The van der Waals surface area contributed by atoms with Crippen molar-refractivity contribution < 1.29 is 24.7 Å². The number of amides is 2. The number of carbonyl (C=O) groups excluding carboxylic acids is 2. The average molecular weight is 445 g/mol. The van der Waals surface area contributed by atoms with E-state index in [1.54, 1.807) is 35.9 Å². The Morgan fingerprint density at radius 2 is 1.81 bits per heavy atom. The molecule has 1 aromatic heterocycles. The normalized spacial score (nSPS) is 11.9. The average Bonchev–Trinajstić information content (AvgIpc) is 3.15. The van der Waals surface area contributed by atoms with Gasteiger partial charge in [-0.15, -0.1) is 0 Å². The Kier molecular flexibility index (Phi) is 9.39. The van der Waals surface area contributed by atoms with Crippen molar-refractivity contribution in [2.45, 2.75) is 59.5 Å². The first-order valence-electron chi connectivity index (χ1n) is 10.8. The van der Waals surface area contributed by atoms with Gasteiger partial charge in [0.15, 0.2) is 0 Å². The quantitative estimate of drug-likeness (QED) is 0.226. The van der Waals surface area contributed by atoms with Crippen LogP contribution in [-0.2, 0) is 29.1 Å². The van der Waals surface area contributed by atoms with Crippen LogP contribution in [0.25, 0.3) is 0 Å². The van der Waals surface area contributed by atoms with Gasteiger partial charge in [-0.1, -0.05) is 39.3 Å². The van der Waals surface area contributed by atoms with E-state index < -0.39 is 23.7 Å². The lowest BCUT2D eigenvalue weighted by molar-refractivity contribution is -0.141. The molecule has 32 heavy (non-hydrogen) atoms. The third-order valence-electron chi connectivity index (χ3n) is 5.21. The van der Waals surface area contributed by atoms with E-state index in [0.29, 0.717) is 13.0 Å². The van der Waals surface area contributed by atoms with Crippen molar-refractivity contribution in [1.82, 2.24) is 20.3 Å². The Morgan fingerprint density at radius 3 is 2.38 bits per heavy atom. The van der Waals surface area contributed by atoms with E-state index in [-0.39, 0.29) is 18.0 Å². The van der Waals surface area contributed by atoms with Gasteiger partial charge in [-0.3, -0.25) is 14.8 Å². The summed E-state index contributed by atoms with van der Waals surface area (Å²) in [7, 11) is 0. The van der Waals surface area contributed by atoms with Crippen LogP contribution in [0.4, 0.5) is 0 Å². The van der Waals surface area contributed by atoms with Crippen molar-refractivity contribution in [3.05, 3.63) is 53.1 Å². The van der Waals surface area contributed by atoms with Crippen LogP contribution in [0.1, 0.15) is 67.5 Å².